The highest BCUT2D eigenvalue weighted by Crippen LogP contribution is 2.64. The number of hydrogen-bond acceptors (Lipinski definition) is 5. The van der Waals surface area contributed by atoms with Crippen molar-refractivity contribution in [1.82, 2.24) is 4.90 Å². The lowest BCUT2D eigenvalue weighted by molar-refractivity contribution is 0.254. The van der Waals surface area contributed by atoms with Gasteiger partial charge in [0.2, 0.25) is 0 Å². The third-order valence-electron chi connectivity index (χ3n) is 6.91. The minimum atomic E-state index is -1.44. The van der Waals surface area contributed by atoms with Gasteiger partial charge in [-0.25, -0.2) is 4.39 Å². The quantitative estimate of drug-likeness (QED) is 0.506. The molecular weight excluding hydrogens is 429 g/mol. The molecule has 34 heavy (non-hydrogen) atoms. The van der Waals surface area contributed by atoms with Crippen LogP contribution in [0.1, 0.15) is 40.3 Å². The Morgan fingerprint density at radius 3 is 2.41 bits per heavy atom. The first-order chi connectivity index (χ1) is 16.6. The predicted octanol–water partition coefficient (Wildman–Crippen LogP) is 5.74. The lowest BCUT2D eigenvalue weighted by atomic mass is 9.67. The van der Waals surface area contributed by atoms with E-state index in [1.807, 2.05) is 65.7 Å². The summed E-state index contributed by atoms with van der Waals surface area (Å²) in [6, 6.07) is 23.8. The SMILES string of the molecule is COc1cccc(C2C(c3ccc(OC)c(F)c3)N3C=Cc4ccccc4C3C2(C#N)C#N)c1. The van der Waals surface area contributed by atoms with Crippen LogP contribution in [-0.2, 0) is 0 Å². The number of halogens is 1. The van der Waals surface area contributed by atoms with Crippen molar-refractivity contribution >= 4 is 6.08 Å². The fraction of sp³-hybridized carbons (Fsp3) is 0.214. The van der Waals surface area contributed by atoms with E-state index in [0.717, 1.165) is 16.7 Å². The molecule has 5 rings (SSSR count). The van der Waals surface area contributed by atoms with E-state index in [4.69, 9.17) is 9.47 Å². The van der Waals surface area contributed by atoms with E-state index in [2.05, 4.69) is 12.1 Å². The first-order valence-corrected chi connectivity index (χ1v) is 10.9. The number of nitriles is 2. The van der Waals surface area contributed by atoms with E-state index in [1.165, 1.54) is 13.2 Å². The molecule has 0 N–H and O–H groups in total. The van der Waals surface area contributed by atoms with E-state index in [-0.39, 0.29) is 5.75 Å². The van der Waals surface area contributed by atoms with Crippen LogP contribution in [-0.4, -0.2) is 19.1 Å². The van der Waals surface area contributed by atoms with Crippen molar-refractivity contribution in [2.45, 2.75) is 18.0 Å². The van der Waals surface area contributed by atoms with Gasteiger partial charge in [-0.15, -0.1) is 0 Å². The van der Waals surface area contributed by atoms with Crippen LogP contribution in [0.5, 0.6) is 11.5 Å². The number of benzene rings is 3. The van der Waals surface area contributed by atoms with Gasteiger partial charge in [0.15, 0.2) is 17.0 Å². The zero-order chi connectivity index (χ0) is 23.9. The second-order valence-corrected chi connectivity index (χ2v) is 8.48. The second kappa shape index (κ2) is 8.24. The topological polar surface area (TPSA) is 69.3 Å². The highest BCUT2D eigenvalue weighted by Gasteiger charge is 2.62. The lowest BCUT2D eigenvalue weighted by Gasteiger charge is -2.35. The zero-order valence-corrected chi connectivity index (χ0v) is 18.8. The number of rotatable bonds is 4. The Labute approximate surface area is 197 Å². The van der Waals surface area contributed by atoms with Gasteiger partial charge in [-0.05, 0) is 52.6 Å². The third-order valence-corrected chi connectivity index (χ3v) is 6.91. The summed E-state index contributed by atoms with van der Waals surface area (Å²) in [6.45, 7) is 0. The van der Waals surface area contributed by atoms with Gasteiger partial charge in [0.05, 0.1) is 38.4 Å². The smallest absolute Gasteiger partial charge is 0.177 e. The molecule has 0 amide bonds. The molecule has 3 aromatic carbocycles. The molecule has 168 valence electrons. The number of fused-ring (bicyclic) bond motifs is 3. The molecule has 2 heterocycles. The van der Waals surface area contributed by atoms with Crippen molar-refractivity contribution in [2.75, 3.05) is 14.2 Å². The van der Waals surface area contributed by atoms with Crippen LogP contribution in [0.15, 0.2) is 72.9 Å². The number of hydrogen-bond donors (Lipinski definition) is 0. The van der Waals surface area contributed by atoms with Gasteiger partial charge in [0.25, 0.3) is 0 Å². The van der Waals surface area contributed by atoms with Crippen LogP contribution in [0.4, 0.5) is 4.39 Å². The maximum absolute atomic E-state index is 14.9. The molecule has 3 atom stereocenters. The number of methoxy groups -OCH3 is 2. The molecule has 6 heteroatoms. The molecular formula is C28H22FN3O2. The molecule has 0 aromatic heterocycles. The first-order valence-electron chi connectivity index (χ1n) is 10.9. The normalized spacial score (nSPS) is 21.7. The Morgan fingerprint density at radius 1 is 0.912 bits per heavy atom. The number of ether oxygens (including phenoxy) is 2. The fourth-order valence-electron chi connectivity index (χ4n) is 5.45. The van der Waals surface area contributed by atoms with Gasteiger partial charge in [-0.3, -0.25) is 0 Å². The fourth-order valence-corrected chi connectivity index (χ4v) is 5.45. The average Bonchev–Trinajstić information content (AvgIpc) is 3.19. The molecule has 5 nitrogen and oxygen atoms in total. The molecule has 0 bridgehead atoms. The van der Waals surface area contributed by atoms with Crippen LogP contribution in [0.25, 0.3) is 6.08 Å². The maximum Gasteiger partial charge on any atom is 0.177 e. The van der Waals surface area contributed by atoms with Crippen LogP contribution in [0.2, 0.25) is 0 Å². The standard InChI is InChI=1S/C28H22FN3O2/c1-33-21-8-5-7-19(14-21)25-26(20-10-11-24(34-2)23(29)15-20)32-13-12-18-6-3-4-9-22(18)27(32)28(25,16-30)17-31/h3-15,25-27H,1-2H3. The summed E-state index contributed by atoms with van der Waals surface area (Å²) in [5, 5.41) is 21.2. The molecule has 2 aliphatic heterocycles. The van der Waals surface area contributed by atoms with Crippen LogP contribution in [0, 0.1) is 33.9 Å². The molecule has 3 unspecified atom stereocenters. The molecule has 0 saturated carbocycles. The molecule has 0 radical (unpaired) electrons. The summed E-state index contributed by atoms with van der Waals surface area (Å²) in [7, 11) is 3.00. The second-order valence-electron chi connectivity index (χ2n) is 8.48. The zero-order valence-electron chi connectivity index (χ0n) is 18.8. The van der Waals surface area contributed by atoms with E-state index in [1.54, 1.807) is 19.2 Å². The summed E-state index contributed by atoms with van der Waals surface area (Å²) >= 11 is 0. The Kier molecular flexibility index (Phi) is 5.23. The Hall–Kier alpha value is -4.29. The molecule has 1 saturated heterocycles. The monoisotopic (exact) mass is 451 g/mol. The Morgan fingerprint density at radius 2 is 1.71 bits per heavy atom. The van der Waals surface area contributed by atoms with Crippen molar-refractivity contribution in [3.8, 4) is 23.6 Å². The predicted molar refractivity (Wildman–Crippen MR) is 125 cm³/mol. The molecule has 0 aliphatic carbocycles. The largest absolute Gasteiger partial charge is 0.497 e. The van der Waals surface area contributed by atoms with E-state index < -0.39 is 29.2 Å². The van der Waals surface area contributed by atoms with E-state index in [0.29, 0.717) is 11.3 Å². The Bertz CT molecular complexity index is 1360. The Balaban J connectivity index is 1.80. The molecule has 2 aliphatic rings. The minimum Gasteiger partial charge on any atom is -0.497 e. The van der Waals surface area contributed by atoms with E-state index >= 15 is 0 Å². The summed E-state index contributed by atoms with van der Waals surface area (Å²) in [5.74, 6) is -0.301. The summed E-state index contributed by atoms with van der Waals surface area (Å²) in [4.78, 5) is 2.03. The van der Waals surface area contributed by atoms with Crippen molar-refractivity contribution < 1.29 is 13.9 Å². The highest BCUT2D eigenvalue weighted by molar-refractivity contribution is 5.61. The van der Waals surface area contributed by atoms with Gasteiger partial charge >= 0.3 is 0 Å². The first kappa shape index (κ1) is 21.6. The molecule has 0 spiro atoms. The number of nitrogens with zero attached hydrogens (tertiary/aromatic N) is 3. The van der Waals surface area contributed by atoms with Gasteiger partial charge in [0, 0.05) is 12.1 Å². The maximum atomic E-state index is 14.9. The van der Waals surface area contributed by atoms with Gasteiger partial charge in [-0.2, -0.15) is 10.5 Å². The summed E-state index contributed by atoms with van der Waals surface area (Å²) in [5.41, 5.74) is 1.87. The van der Waals surface area contributed by atoms with Gasteiger partial charge < -0.3 is 14.4 Å². The van der Waals surface area contributed by atoms with Crippen molar-refractivity contribution in [1.29, 1.82) is 10.5 Å². The minimum absolute atomic E-state index is 0.141. The molecule has 3 aromatic rings. The lowest BCUT2D eigenvalue weighted by Crippen LogP contribution is -2.31. The van der Waals surface area contributed by atoms with Gasteiger partial charge in [-0.1, -0.05) is 42.5 Å². The van der Waals surface area contributed by atoms with Crippen LogP contribution in [0.3, 0.4) is 0 Å². The summed E-state index contributed by atoms with van der Waals surface area (Å²) in [6.07, 6.45) is 3.90. The summed E-state index contributed by atoms with van der Waals surface area (Å²) < 4.78 is 25.4. The van der Waals surface area contributed by atoms with Gasteiger partial charge in [0.1, 0.15) is 5.75 Å². The van der Waals surface area contributed by atoms with Crippen molar-refractivity contribution in [3.63, 3.8) is 0 Å². The third kappa shape index (κ3) is 3.03. The van der Waals surface area contributed by atoms with Crippen LogP contribution < -0.4 is 9.47 Å². The van der Waals surface area contributed by atoms with Crippen LogP contribution >= 0.6 is 0 Å². The average molecular weight is 452 g/mol. The highest BCUT2D eigenvalue weighted by atomic mass is 19.1. The van der Waals surface area contributed by atoms with Crippen molar-refractivity contribution in [3.05, 3.63) is 101 Å². The van der Waals surface area contributed by atoms with Crippen molar-refractivity contribution in [2.24, 2.45) is 5.41 Å². The molecule has 1 fully saturated rings. The van der Waals surface area contributed by atoms with E-state index in [9.17, 15) is 14.9 Å².